The smallest absolute Gasteiger partial charge is 0.277 e. The van der Waals surface area contributed by atoms with Gasteiger partial charge in [0.1, 0.15) is 6.33 Å². The average molecular weight is 354 g/mol. The summed E-state index contributed by atoms with van der Waals surface area (Å²) in [5.41, 5.74) is 4.51. The first-order valence-electron chi connectivity index (χ1n) is 7.68. The van der Waals surface area contributed by atoms with Crippen molar-refractivity contribution in [3.05, 3.63) is 66.2 Å². The number of rotatable bonds is 6. The van der Waals surface area contributed by atoms with Crippen LogP contribution in [0.15, 0.2) is 60.0 Å². The van der Waals surface area contributed by atoms with E-state index >= 15 is 0 Å². The van der Waals surface area contributed by atoms with E-state index < -0.39 is 11.7 Å². The van der Waals surface area contributed by atoms with Crippen LogP contribution in [0.2, 0.25) is 0 Å². The van der Waals surface area contributed by atoms with Gasteiger partial charge in [-0.05, 0) is 47.2 Å². The summed E-state index contributed by atoms with van der Waals surface area (Å²) in [6.07, 6.45) is 1.48. The number of ether oxygens (including phenoxy) is 1. The van der Waals surface area contributed by atoms with Gasteiger partial charge in [0.25, 0.3) is 5.91 Å². The minimum Gasteiger partial charge on any atom is -0.481 e. The molecule has 0 aliphatic rings. The third kappa shape index (κ3) is 4.26. The standard InChI is InChI=1S/C17H15FN6O2/c1-12(13-5-4-6-14(9-13)24-11-19-22-23-24)20-21-17(25)10-26-16-8-3-2-7-15(16)18/h2-9,11H,10H2,1H3,(H,21,25)/b20-12-. The third-order valence-electron chi connectivity index (χ3n) is 3.42. The van der Waals surface area contributed by atoms with E-state index in [2.05, 4.69) is 26.1 Å². The van der Waals surface area contributed by atoms with Gasteiger partial charge < -0.3 is 4.74 Å². The lowest BCUT2D eigenvalue weighted by Gasteiger charge is -2.07. The second-order valence-electron chi connectivity index (χ2n) is 5.26. The molecule has 1 N–H and O–H groups in total. The third-order valence-corrected chi connectivity index (χ3v) is 3.42. The lowest BCUT2D eigenvalue weighted by molar-refractivity contribution is -0.123. The van der Waals surface area contributed by atoms with Gasteiger partial charge in [0.15, 0.2) is 18.2 Å². The molecule has 9 heteroatoms. The van der Waals surface area contributed by atoms with Crippen LogP contribution in [0, 0.1) is 5.82 Å². The van der Waals surface area contributed by atoms with E-state index in [-0.39, 0.29) is 12.4 Å². The van der Waals surface area contributed by atoms with Crippen LogP contribution in [-0.4, -0.2) is 38.4 Å². The fourth-order valence-corrected chi connectivity index (χ4v) is 2.10. The molecular weight excluding hydrogens is 339 g/mol. The average Bonchev–Trinajstić information content (AvgIpc) is 3.20. The molecule has 8 nitrogen and oxygen atoms in total. The molecule has 0 unspecified atom stereocenters. The Hall–Kier alpha value is -3.62. The summed E-state index contributed by atoms with van der Waals surface area (Å²) in [5.74, 6) is -1.01. The zero-order valence-corrected chi connectivity index (χ0v) is 13.8. The van der Waals surface area contributed by atoms with Crippen molar-refractivity contribution in [1.82, 2.24) is 25.6 Å². The number of halogens is 1. The Bertz CT molecular complexity index is 927. The van der Waals surface area contributed by atoms with Crippen LogP contribution < -0.4 is 10.2 Å². The molecule has 0 aliphatic carbocycles. The molecule has 1 heterocycles. The van der Waals surface area contributed by atoms with Crippen LogP contribution in [0.1, 0.15) is 12.5 Å². The summed E-state index contributed by atoms with van der Waals surface area (Å²) < 4.78 is 20.1. The number of nitrogens with zero attached hydrogens (tertiary/aromatic N) is 5. The SMILES string of the molecule is C/C(=N/NC(=O)COc1ccccc1F)c1cccc(-n2cnnn2)c1. The molecule has 0 fully saturated rings. The van der Waals surface area contributed by atoms with Gasteiger partial charge in [-0.25, -0.2) is 14.5 Å². The van der Waals surface area contributed by atoms with Crippen molar-refractivity contribution in [2.45, 2.75) is 6.92 Å². The Labute approximate surface area is 148 Å². The van der Waals surface area contributed by atoms with E-state index in [1.165, 1.54) is 23.1 Å². The molecule has 0 spiro atoms. The number of tetrazole rings is 1. The number of benzene rings is 2. The highest BCUT2D eigenvalue weighted by Crippen LogP contribution is 2.15. The Morgan fingerprint density at radius 2 is 2.12 bits per heavy atom. The summed E-state index contributed by atoms with van der Waals surface area (Å²) in [4.78, 5) is 11.8. The van der Waals surface area contributed by atoms with Gasteiger partial charge in [0, 0.05) is 0 Å². The zero-order chi connectivity index (χ0) is 18.4. The molecule has 3 rings (SSSR count). The van der Waals surface area contributed by atoms with Crippen LogP contribution in [-0.2, 0) is 4.79 Å². The predicted octanol–water partition coefficient (Wildman–Crippen LogP) is 1.72. The first kappa shape index (κ1) is 17.2. The van der Waals surface area contributed by atoms with Gasteiger partial charge in [-0.15, -0.1) is 5.10 Å². The van der Waals surface area contributed by atoms with Crippen LogP contribution in [0.5, 0.6) is 5.75 Å². The lowest BCUT2D eigenvalue weighted by Crippen LogP contribution is -2.25. The van der Waals surface area contributed by atoms with Crippen LogP contribution in [0.4, 0.5) is 4.39 Å². The summed E-state index contributed by atoms with van der Waals surface area (Å²) in [5, 5.41) is 15.0. The van der Waals surface area contributed by atoms with E-state index in [4.69, 9.17) is 4.74 Å². The zero-order valence-electron chi connectivity index (χ0n) is 13.8. The molecule has 0 atom stereocenters. The molecule has 2 aromatic carbocycles. The van der Waals surface area contributed by atoms with Crippen molar-refractivity contribution in [3.63, 3.8) is 0 Å². The maximum atomic E-state index is 13.4. The monoisotopic (exact) mass is 354 g/mol. The summed E-state index contributed by atoms with van der Waals surface area (Å²) in [6.45, 7) is 1.40. The quantitative estimate of drug-likeness (QED) is 0.537. The maximum Gasteiger partial charge on any atom is 0.277 e. The summed E-state index contributed by atoms with van der Waals surface area (Å²) in [6, 6.07) is 13.2. The minimum absolute atomic E-state index is 0.0116. The first-order valence-corrected chi connectivity index (χ1v) is 7.68. The Morgan fingerprint density at radius 3 is 2.88 bits per heavy atom. The molecule has 1 amide bonds. The van der Waals surface area contributed by atoms with Gasteiger partial charge in [-0.2, -0.15) is 5.10 Å². The van der Waals surface area contributed by atoms with Crippen molar-refractivity contribution in [2.75, 3.05) is 6.61 Å². The molecule has 1 aromatic heterocycles. The second kappa shape index (κ2) is 7.97. The molecule has 3 aromatic rings. The molecule has 0 radical (unpaired) electrons. The topological polar surface area (TPSA) is 94.3 Å². The molecular formula is C17H15FN6O2. The van der Waals surface area contributed by atoms with Crippen LogP contribution in [0.3, 0.4) is 0 Å². The highest BCUT2D eigenvalue weighted by atomic mass is 19.1. The van der Waals surface area contributed by atoms with Gasteiger partial charge in [0.2, 0.25) is 0 Å². The largest absolute Gasteiger partial charge is 0.481 e. The number of para-hydroxylation sites is 1. The number of aromatic nitrogens is 4. The van der Waals surface area contributed by atoms with Crippen molar-refractivity contribution in [1.29, 1.82) is 0 Å². The number of hydrogen-bond donors (Lipinski definition) is 1. The Morgan fingerprint density at radius 1 is 1.27 bits per heavy atom. The summed E-state index contributed by atoms with van der Waals surface area (Å²) >= 11 is 0. The fraction of sp³-hybridized carbons (Fsp3) is 0.118. The first-order chi connectivity index (χ1) is 12.6. The van der Waals surface area contributed by atoms with Crippen LogP contribution >= 0.6 is 0 Å². The van der Waals surface area contributed by atoms with Gasteiger partial charge in [-0.3, -0.25) is 4.79 Å². The lowest BCUT2D eigenvalue weighted by atomic mass is 10.1. The van der Waals surface area contributed by atoms with E-state index in [0.717, 1.165) is 11.3 Å². The van der Waals surface area contributed by atoms with Gasteiger partial charge >= 0.3 is 0 Å². The highest BCUT2D eigenvalue weighted by molar-refractivity contribution is 5.99. The maximum absolute atomic E-state index is 13.4. The number of amides is 1. The highest BCUT2D eigenvalue weighted by Gasteiger charge is 2.07. The van der Waals surface area contributed by atoms with Crippen molar-refractivity contribution in [2.24, 2.45) is 5.10 Å². The molecule has 0 bridgehead atoms. The normalized spacial score (nSPS) is 11.2. The Kier molecular flexibility index (Phi) is 5.28. The molecule has 0 aliphatic heterocycles. The van der Waals surface area contributed by atoms with Gasteiger partial charge in [0.05, 0.1) is 11.4 Å². The van der Waals surface area contributed by atoms with Crippen molar-refractivity contribution in [3.8, 4) is 11.4 Å². The fourth-order valence-electron chi connectivity index (χ4n) is 2.10. The number of hydrazone groups is 1. The Balaban J connectivity index is 1.60. The van der Waals surface area contributed by atoms with Crippen molar-refractivity contribution < 1.29 is 13.9 Å². The van der Waals surface area contributed by atoms with E-state index in [1.807, 2.05) is 24.3 Å². The van der Waals surface area contributed by atoms with E-state index in [1.54, 1.807) is 19.1 Å². The van der Waals surface area contributed by atoms with Gasteiger partial charge in [-0.1, -0.05) is 24.3 Å². The van der Waals surface area contributed by atoms with Crippen molar-refractivity contribution >= 4 is 11.6 Å². The van der Waals surface area contributed by atoms with Crippen LogP contribution in [0.25, 0.3) is 5.69 Å². The minimum atomic E-state index is -0.528. The van der Waals surface area contributed by atoms with E-state index in [9.17, 15) is 9.18 Å². The summed E-state index contributed by atoms with van der Waals surface area (Å²) in [7, 11) is 0. The second-order valence-corrected chi connectivity index (χ2v) is 5.26. The molecule has 26 heavy (non-hydrogen) atoms. The molecule has 0 saturated carbocycles. The molecule has 132 valence electrons. The predicted molar refractivity (Wildman–Crippen MR) is 91.4 cm³/mol. The molecule has 0 saturated heterocycles. The number of carbonyl (C=O) groups is 1. The number of nitrogens with one attached hydrogen (secondary N) is 1. The van der Waals surface area contributed by atoms with E-state index in [0.29, 0.717) is 5.71 Å². The number of hydrogen-bond acceptors (Lipinski definition) is 6. The number of carbonyl (C=O) groups excluding carboxylic acids is 1.